The number of carbonyl (C=O) groups is 1. The fourth-order valence-corrected chi connectivity index (χ4v) is 1.56. The van der Waals surface area contributed by atoms with Gasteiger partial charge in [-0.2, -0.15) is 0 Å². The predicted octanol–water partition coefficient (Wildman–Crippen LogP) is -0.351. The van der Waals surface area contributed by atoms with Gasteiger partial charge in [-0.05, 0) is 17.7 Å². The smallest absolute Gasteiger partial charge is 0.306 e. The topological polar surface area (TPSA) is 89.8 Å². The van der Waals surface area contributed by atoms with Crippen LogP contribution in [0.4, 0.5) is 0 Å². The van der Waals surface area contributed by atoms with E-state index in [9.17, 15) is 9.59 Å². The second-order valence-corrected chi connectivity index (χ2v) is 3.43. The number of amides is 1. The summed E-state index contributed by atoms with van der Waals surface area (Å²) in [6.45, 7) is 0. The highest BCUT2D eigenvalue weighted by Crippen LogP contribution is 2.10. The van der Waals surface area contributed by atoms with Gasteiger partial charge in [0.2, 0.25) is 5.91 Å². The van der Waals surface area contributed by atoms with Crippen LogP contribution in [-0.2, 0) is 11.2 Å². The van der Waals surface area contributed by atoms with Crippen molar-refractivity contribution in [1.82, 2.24) is 20.8 Å². The largest absolute Gasteiger partial charge is 0.323 e. The molecule has 2 rings (SSSR count). The number of aromatic nitrogens is 2. The number of fused-ring (bicyclic) bond motifs is 1. The molecule has 1 amide bonds. The molecular weight excluding hydrogens is 208 g/mol. The van der Waals surface area contributed by atoms with Crippen molar-refractivity contribution in [2.45, 2.75) is 6.42 Å². The highest BCUT2D eigenvalue weighted by Gasteiger charge is 2.04. The number of nitrogens with one attached hydrogen (secondary N) is 4. The standard InChI is InChI=1S/C10H12N4O2/c1-11-14-9(15)5-6-2-3-7-8(4-6)13-10(16)12-7/h2-4,11H,5H2,1H3,(H,14,15)(H2,12,13,16). The Kier molecular flexibility index (Phi) is 2.74. The van der Waals surface area contributed by atoms with Gasteiger partial charge in [0, 0.05) is 7.05 Å². The van der Waals surface area contributed by atoms with Crippen LogP contribution in [0.25, 0.3) is 11.0 Å². The molecule has 0 saturated heterocycles. The molecule has 2 aromatic rings. The van der Waals surface area contributed by atoms with Crippen LogP contribution in [0.3, 0.4) is 0 Å². The van der Waals surface area contributed by atoms with Crippen molar-refractivity contribution >= 4 is 16.9 Å². The summed E-state index contributed by atoms with van der Waals surface area (Å²) in [6.07, 6.45) is 0.268. The molecule has 0 atom stereocenters. The van der Waals surface area contributed by atoms with Gasteiger partial charge in [-0.1, -0.05) is 6.07 Å². The Labute approximate surface area is 91.0 Å². The van der Waals surface area contributed by atoms with E-state index in [1.54, 1.807) is 25.2 Å². The van der Waals surface area contributed by atoms with E-state index < -0.39 is 0 Å². The van der Waals surface area contributed by atoms with Crippen molar-refractivity contribution in [1.29, 1.82) is 0 Å². The van der Waals surface area contributed by atoms with Gasteiger partial charge in [-0.3, -0.25) is 10.2 Å². The van der Waals surface area contributed by atoms with E-state index in [0.717, 1.165) is 11.1 Å². The van der Waals surface area contributed by atoms with Gasteiger partial charge >= 0.3 is 5.69 Å². The highest BCUT2D eigenvalue weighted by atomic mass is 16.2. The number of hydrogen-bond acceptors (Lipinski definition) is 3. The lowest BCUT2D eigenvalue weighted by molar-refractivity contribution is -0.121. The van der Waals surface area contributed by atoms with Gasteiger partial charge in [-0.25, -0.2) is 10.2 Å². The summed E-state index contributed by atoms with van der Waals surface area (Å²) in [4.78, 5) is 27.6. The molecule has 1 aromatic carbocycles. The summed E-state index contributed by atoms with van der Waals surface area (Å²) in [5, 5.41) is 0. The molecule has 16 heavy (non-hydrogen) atoms. The van der Waals surface area contributed by atoms with Gasteiger partial charge in [-0.15, -0.1) is 0 Å². The van der Waals surface area contributed by atoms with Gasteiger partial charge < -0.3 is 9.97 Å². The lowest BCUT2D eigenvalue weighted by atomic mass is 10.1. The van der Waals surface area contributed by atoms with Crippen LogP contribution in [0.15, 0.2) is 23.0 Å². The highest BCUT2D eigenvalue weighted by molar-refractivity contribution is 5.81. The molecule has 0 spiro atoms. The van der Waals surface area contributed by atoms with E-state index in [1.165, 1.54) is 0 Å². The molecule has 1 heterocycles. The summed E-state index contributed by atoms with van der Waals surface area (Å²) in [6, 6.07) is 5.36. The monoisotopic (exact) mass is 220 g/mol. The number of imidazole rings is 1. The van der Waals surface area contributed by atoms with Crippen LogP contribution in [0.5, 0.6) is 0 Å². The fourth-order valence-electron chi connectivity index (χ4n) is 1.56. The first-order valence-electron chi connectivity index (χ1n) is 4.85. The quantitative estimate of drug-likeness (QED) is 0.533. The third-order valence-electron chi connectivity index (χ3n) is 2.21. The number of carbonyl (C=O) groups excluding carboxylic acids is 1. The molecule has 0 bridgehead atoms. The summed E-state index contributed by atoms with van der Waals surface area (Å²) in [5.74, 6) is -0.125. The van der Waals surface area contributed by atoms with Gasteiger partial charge in [0.1, 0.15) is 0 Å². The molecule has 4 N–H and O–H groups in total. The average molecular weight is 220 g/mol. The van der Waals surface area contributed by atoms with E-state index in [1.807, 2.05) is 0 Å². The Bertz CT molecular complexity index is 569. The van der Waals surface area contributed by atoms with Crippen molar-refractivity contribution in [2.75, 3.05) is 7.05 Å². The molecule has 0 saturated carbocycles. The summed E-state index contributed by atoms with van der Waals surface area (Å²) in [7, 11) is 1.63. The van der Waals surface area contributed by atoms with Crippen molar-refractivity contribution < 1.29 is 4.79 Å². The molecule has 6 heteroatoms. The predicted molar refractivity (Wildman–Crippen MR) is 59.8 cm³/mol. The minimum atomic E-state index is -0.244. The third-order valence-corrected chi connectivity index (χ3v) is 2.21. The zero-order chi connectivity index (χ0) is 11.5. The van der Waals surface area contributed by atoms with Crippen molar-refractivity contribution in [3.63, 3.8) is 0 Å². The minimum absolute atomic E-state index is 0.125. The van der Waals surface area contributed by atoms with E-state index in [4.69, 9.17) is 0 Å². The lowest BCUT2D eigenvalue weighted by Gasteiger charge is -2.02. The third kappa shape index (κ3) is 2.12. The Balaban J connectivity index is 2.25. The number of benzene rings is 1. The first-order valence-corrected chi connectivity index (χ1v) is 4.85. The molecule has 0 aliphatic rings. The number of hydrazine groups is 1. The summed E-state index contributed by atoms with van der Waals surface area (Å²) >= 11 is 0. The van der Waals surface area contributed by atoms with Gasteiger partial charge in [0.05, 0.1) is 17.5 Å². The summed E-state index contributed by atoms with van der Waals surface area (Å²) in [5.41, 5.74) is 7.09. The maximum absolute atomic E-state index is 11.3. The maximum atomic E-state index is 11.3. The molecule has 0 aliphatic carbocycles. The van der Waals surface area contributed by atoms with E-state index in [2.05, 4.69) is 20.8 Å². The second-order valence-electron chi connectivity index (χ2n) is 3.43. The molecule has 0 radical (unpaired) electrons. The fraction of sp³-hybridized carbons (Fsp3) is 0.200. The number of H-pyrrole nitrogens is 2. The Hall–Kier alpha value is -2.08. The van der Waals surface area contributed by atoms with Crippen LogP contribution >= 0.6 is 0 Å². The zero-order valence-electron chi connectivity index (χ0n) is 8.76. The Morgan fingerprint density at radius 1 is 1.31 bits per heavy atom. The van der Waals surface area contributed by atoms with Crippen LogP contribution in [0.1, 0.15) is 5.56 Å². The number of hydrogen-bond donors (Lipinski definition) is 4. The molecule has 0 fully saturated rings. The Morgan fingerprint density at radius 2 is 2.06 bits per heavy atom. The number of aromatic amines is 2. The van der Waals surface area contributed by atoms with E-state index in [0.29, 0.717) is 5.52 Å². The molecule has 1 aromatic heterocycles. The molecule has 0 unspecified atom stereocenters. The first kappa shape index (κ1) is 10.4. The number of rotatable bonds is 3. The van der Waals surface area contributed by atoms with E-state index in [-0.39, 0.29) is 18.0 Å². The van der Waals surface area contributed by atoms with Crippen molar-refractivity contribution in [2.24, 2.45) is 0 Å². The van der Waals surface area contributed by atoms with Crippen LogP contribution in [0.2, 0.25) is 0 Å². The van der Waals surface area contributed by atoms with Crippen molar-refractivity contribution in [3.8, 4) is 0 Å². The zero-order valence-corrected chi connectivity index (χ0v) is 8.76. The van der Waals surface area contributed by atoms with Crippen LogP contribution in [0, 0.1) is 0 Å². The average Bonchev–Trinajstić information content (AvgIpc) is 2.57. The minimum Gasteiger partial charge on any atom is -0.306 e. The SMILES string of the molecule is CNNC(=O)Cc1ccc2[nH]c(=O)[nH]c2c1. The molecule has 0 aliphatic heterocycles. The molecular formula is C10H12N4O2. The van der Waals surface area contributed by atoms with Crippen LogP contribution in [-0.4, -0.2) is 22.9 Å². The van der Waals surface area contributed by atoms with Crippen LogP contribution < -0.4 is 16.5 Å². The Morgan fingerprint density at radius 3 is 2.81 bits per heavy atom. The normalized spacial score (nSPS) is 10.6. The van der Waals surface area contributed by atoms with E-state index >= 15 is 0 Å². The van der Waals surface area contributed by atoms with Gasteiger partial charge in [0.15, 0.2) is 0 Å². The summed E-state index contributed by atoms with van der Waals surface area (Å²) < 4.78 is 0. The van der Waals surface area contributed by atoms with Crippen molar-refractivity contribution in [3.05, 3.63) is 34.2 Å². The maximum Gasteiger partial charge on any atom is 0.323 e. The van der Waals surface area contributed by atoms with Gasteiger partial charge in [0.25, 0.3) is 0 Å². The second kappa shape index (κ2) is 4.19. The molecule has 84 valence electrons. The molecule has 6 nitrogen and oxygen atoms in total. The lowest BCUT2D eigenvalue weighted by Crippen LogP contribution is -2.35. The first-order chi connectivity index (χ1) is 7.69.